The number of benzene rings is 3. The Morgan fingerprint density at radius 3 is 2.25 bits per heavy atom. The minimum absolute atomic E-state index is 0.0887. The van der Waals surface area contributed by atoms with E-state index in [0.717, 1.165) is 22.0 Å². The topological polar surface area (TPSA) is 30.0 Å². The molecule has 0 spiro atoms. The van der Waals surface area contributed by atoms with Crippen LogP contribution >= 0.6 is 35.0 Å². The molecule has 2 nitrogen and oxygen atoms in total. The summed E-state index contributed by atoms with van der Waals surface area (Å²) in [6.45, 7) is 0. The van der Waals surface area contributed by atoms with Gasteiger partial charge in [-0.3, -0.25) is 4.79 Å². The summed E-state index contributed by atoms with van der Waals surface area (Å²) >= 11 is 13.7. The first-order valence-electron chi connectivity index (χ1n) is 8.61. The summed E-state index contributed by atoms with van der Waals surface area (Å²) in [4.78, 5) is 18.3. The first-order chi connectivity index (χ1) is 13.6. The fraction of sp³-hybridized carbons (Fsp3) is 0.0435. The smallest absolute Gasteiger partial charge is 0.196 e. The van der Waals surface area contributed by atoms with Gasteiger partial charge in [0.1, 0.15) is 5.03 Å². The van der Waals surface area contributed by atoms with Gasteiger partial charge in [0, 0.05) is 26.6 Å². The summed E-state index contributed by atoms with van der Waals surface area (Å²) in [7, 11) is 0. The largest absolute Gasteiger partial charge is 0.288 e. The van der Waals surface area contributed by atoms with Crippen LogP contribution in [-0.2, 0) is 0 Å². The lowest BCUT2D eigenvalue weighted by molar-refractivity contribution is 0.103. The van der Waals surface area contributed by atoms with Crippen molar-refractivity contribution in [1.29, 1.82) is 0 Å². The summed E-state index contributed by atoms with van der Waals surface area (Å²) in [5.41, 5.74) is 3.75. The number of carbonyl (C=O) groups is 1. The van der Waals surface area contributed by atoms with Crippen molar-refractivity contribution in [1.82, 2.24) is 4.98 Å². The number of thioether (sulfide) groups is 1. The van der Waals surface area contributed by atoms with Crippen LogP contribution in [0.25, 0.3) is 22.0 Å². The number of pyridine rings is 1. The Morgan fingerprint density at radius 1 is 0.893 bits per heavy atom. The minimum atomic E-state index is -0.0887. The van der Waals surface area contributed by atoms with E-state index in [1.54, 1.807) is 24.3 Å². The highest BCUT2D eigenvalue weighted by atomic mass is 35.5. The van der Waals surface area contributed by atoms with Crippen molar-refractivity contribution in [2.75, 3.05) is 6.26 Å². The van der Waals surface area contributed by atoms with Crippen molar-refractivity contribution >= 4 is 51.6 Å². The predicted octanol–water partition coefficient (Wildman–Crippen LogP) is 7.16. The van der Waals surface area contributed by atoms with Crippen molar-refractivity contribution in [2.24, 2.45) is 0 Å². The molecule has 28 heavy (non-hydrogen) atoms. The second-order valence-electron chi connectivity index (χ2n) is 6.23. The quantitative estimate of drug-likeness (QED) is 0.257. The number of rotatable bonds is 4. The molecule has 0 aliphatic heterocycles. The van der Waals surface area contributed by atoms with Crippen LogP contribution in [0.1, 0.15) is 15.9 Å². The monoisotopic (exact) mass is 423 g/mol. The molecule has 5 heteroatoms. The lowest BCUT2D eigenvalue weighted by Crippen LogP contribution is -2.08. The van der Waals surface area contributed by atoms with Gasteiger partial charge in [0.05, 0.1) is 11.1 Å². The first-order valence-corrected chi connectivity index (χ1v) is 10.6. The van der Waals surface area contributed by atoms with Gasteiger partial charge in [-0.05, 0) is 54.3 Å². The average molecular weight is 424 g/mol. The van der Waals surface area contributed by atoms with E-state index in [9.17, 15) is 4.79 Å². The van der Waals surface area contributed by atoms with Gasteiger partial charge in [0.25, 0.3) is 0 Å². The second-order valence-corrected chi connectivity index (χ2v) is 7.90. The fourth-order valence-corrected chi connectivity index (χ4v) is 4.11. The van der Waals surface area contributed by atoms with E-state index < -0.39 is 0 Å². The van der Waals surface area contributed by atoms with Gasteiger partial charge in [-0.25, -0.2) is 4.98 Å². The van der Waals surface area contributed by atoms with E-state index in [1.807, 2.05) is 54.8 Å². The highest BCUT2D eigenvalue weighted by Crippen LogP contribution is 2.38. The van der Waals surface area contributed by atoms with Gasteiger partial charge in [-0.15, -0.1) is 11.8 Å². The highest BCUT2D eigenvalue weighted by molar-refractivity contribution is 7.98. The van der Waals surface area contributed by atoms with E-state index in [2.05, 4.69) is 0 Å². The SMILES string of the molecule is CSc1nc2ccc(Cl)cc2c(-c2ccccc2)c1C(=O)c1ccc(Cl)cc1. The van der Waals surface area contributed by atoms with Gasteiger partial charge >= 0.3 is 0 Å². The Hall–Kier alpha value is -2.33. The molecular weight excluding hydrogens is 409 g/mol. The molecule has 0 saturated heterocycles. The number of ketones is 1. The molecule has 1 aromatic heterocycles. The zero-order valence-corrected chi connectivity index (χ0v) is 17.3. The lowest BCUT2D eigenvalue weighted by atomic mass is 9.92. The Bertz CT molecular complexity index is 1170. The molecule has 0 fully saturated rings. The van der Waals surface area contributed by atoms with Crippen LogP contribution in [0, 0.1) is 0 Å². The summed E-state index contributed by atoms with van der Waals surface area (Å²) in [5, 5.41) is 2.74. The summed E-state index contributed by atoms with van der Waals surface area (Å²) in [5.74, 6) is -0.0887. The van der Waals surface area contributed by atoms with Crippen LogP contribution in [0.4, 0.5) is 0 Å². The highest BCUT2D eigenvalue weighted by Gasteiger charge is 2.23. The fourth-order valence-electron chi connectivity index (χ4n) is 3.22. The maximum Gasteiger partial charge on any atom is 0.196 e. The van der Waals surface area contributed by atoms with Gasteiger partial charge in [-0.1, -0.05) is 53.5 Å². The number of hydrogen-bond acceptors (Lipinski definition) is 3. The number of carbonyl (C=O) groups excluding carboxylic acids is 1. The maximum absolute atomic E-state index is 13.5. The standard InChI is InChI=1S/C23H15Cl2NOS/c1-28-23-21(22(27)15-7-9-16(24)10-8-15)20(14-5-3-2-4-6-14)18-13-17(25)11-12-19(18)26-23/h2-13H,1H3. The minimum Gasteiger partial charge on any atom is -0.288 e. The molecule has 4 rings (SSSR count). The van der Waals surface area contributed by atoms with Crippen LogP contribution < -0.4 is 0 Å². The van der Waals surface area contributed by atoms with Gasteiger partial charge in [0.2, 0.25) is 0 Å². The van der Waals surface area contributed by atoms with E-state index in [1.165, 1.54) is 11.8 Å². The van der Waals surface area contributed by atoms with Gasteiger partial charge in [0.15, 0.2) is 5.78 Å². The molecule has 3 aromatic carbocycles. The normalized spacial score (nSPS) is 11.0. The number of fused-ring (bicyclic) bond motifs is 1. The molecule has 4 aromatic rings. The van der Waals surface area contributed by atoms with Crippen LogP contribution in [-0.4, -0.2) is 17.0 Å². The van der Waals surface area contributed by atoms with Crippen molar-refractivity contribution in [3.63, 3.8) is 0 Å². The predicted molar refractivity (Wildman–Crippen MR) is 119 cm³/mol. The lowest BCUT2D eigenvalue weighted by Gasteiger charge is -2.16. The Kier molecular flexibility index (Phi) is 5.40. The third-order valence-corrected chi connectivity index (χ3v) is 5.67. The molecule has 0 unspecified atom stereocenters. The van der Waals surface area contributed by atoms with Crippen LogP contribution in [0.2, 0.25) is 10.0 Å². The summed E-state index contributed by atoms with van der Waals surface area (Å²) < 4.78 is 0. The Labute approximate surface area is 177 Å². The maximum atomic E-state index is 13.5. The molecule has 0 amide bonds. The first kappa shape index (κ1) is 19.0. The molecule has 0 N–H and O–H groups in total. The van der Waals surface area contributed by atoms with Crippen molar-refractivity contribution < 1.29 is 4.79 Å². The molecule has 0 saturated carbocycles. The average Bonchev–Trinajstić information content (AvgIpc) is 2.73. The molecule has 0 atom stereocenters. The molecule has 0 radical (unpaired) electrons. The number of hydrogen-bond donors (Lipinski definition) is 0. The Morgan fingerprint density at radius 2 is 1.57 bits per heavy atom. The molecular formula is C23H15Cl2NOS. The molecule has 0 aliphatic carbocycles. The van der Waals surface area contributed by atoms with Crippen molar-refractivity contribution in [3.05, 3.63) is 94.0 Å². The van der Waals surface area contributed by atoms with Crippen molar-refractivity contribution in [3.8, 4) is 11.1 Å². The second kappa shape index (κ2) is 7.96. The van der Waals surface area contributed by atoms with E-state index in [-0.39, 0.29) is 5.78 Å². The molecule has 138 valence electrons. The van der Waals surface area contributed by atoms with E-state index in [0.29, 0.717) is 26.2 Å². The van der Waals surface area contributed by atoms with Crippen molar-refractivity contribution in [2.45, 2.75) is 5.03 Å². The number of aromatic nitrogens is 1. The van der Waals surface area contributed by atoms with Gasteiger partial charge < -0.3 is 0 Å². The summed E-state index contributed by atoms with van der Waals surface area (Å²) in [6.07, 6.45) is 1.93. The van der Waals surface area contributed by atoms with E-state index in [4.69, 9.17) is 28.2 Å². The van der Waals surface area contributed by atoms with Crippen LogP contribution in [0.3, 0.4) is 0 Å². The zero-order valence-electron chi connectivity index (χ0n) is 14.9. The van der Waals surface area contributed by atoms with Crippen LogP contribution in [0.15, 0.2) is 77.8 Å². The molecule has 0 aliphatic rings. The number of halogens is 2. The zero-order chi connectivity index (χ0) is 19.7. The Balaban J connectivity index is 2.08. The molecule has 1 heterocycles. The number of nitrogens with zero attached hydrogens (tertiary/aromatic N) is 1. The van der Waals surface area contributed by atoms with E-state index >= 15 is 0 Å². The molecule has 0 bridgehead atoms. The summed E-state index contributed by atoms with van der Waals surface area (Å²) in [6, 6.07) is 22.4. The van der Waals surface area contributed by atoms with Gasteiger partial charge in [-0.2, -0.15) is 0 Å². The third-order valence-electron chi connectivity index (χ3n) is 4.50. The third kappa shape index (κ3) is 3.53. The van der Waals surface area contributed by atoms with Crippen LogP contribution in [0.5, 0.6) is 0 Å².